The van der Waals surface area contributed by atoms with Crippen molar-refractivity contribution in [3.8, 4) is 11.5 Å². The molecule has 1 unspecified atom stereocenters. The van der Waals surface area contributed by atoms with Crippen LogP contribution in [0.15, 0.2) is 24.3 Å². The molecular weight excluding hydrogens is 244 g/mol. The number of carbonyl (C=O) groups is 1. The lowest BCUT2D eigenvalue weighted by molar-refractivity contribution is -0.121. The van der Waals surface area contributed by atoms with Gasteiger partial charge in [-0.1, -0.05) is 6.92 Å². The predicted octanol–water partition coefficient (Wildman–Crippen LogP) is 2.01. The number of hydrazine groups is 1. The van der Waals surface area contributed by atoms with Crippen LogP contribution in [0.5, 0.6) is 11.5 Å². The maximum Gasteiger partial charge on any atom is 0.234 e. The summed E-state index contributed by atoms with van der Waals surface area (Å²) in [5.41, 5.74) is 2.10. The Morgan fingerprint density at radius 2 is 1.95 bits per heavy atom. The summed E-state index contributed by atoms with van der Waals surface area (Å²) in [5.74, 6) is 6.44. The van der Waals surface area contributed by atoms with Crippen LogP contribution in [0.3, 0.4) is 0 Å². The molecule has 1 aromatic rings. The van der Waals surface area contributed by atoms with Crippen LogP contribution in [0.2, 0.25) is 0 Å². The van der Waals surface area contributed by atoms with Gasteiger partial charge in [0.05, 0.1) is 12.7 Å². The molecule has 106 valence electrons. The van der Waals surface area contributed by atoms with E-state index in [4.69, 9.17) is 15.3 Å². The lowest BCUT2D eigenvalue weighted by atomic mass is 10.2. The molecule has 0 heterocycles. The molecule has 0 aliphatic heterocycles. The largest absolute Gasteiger partial charge is 0.494 e. The molecule has 0 radical (unpaired) electrons. The Balaban J connectivity index is 2.37. The van der Waals surface area contributed by atoms with Crippen LogP contribution < -0.4 is 20.7 Å². The molecule has 5 heteroatoms. The van der Waals surface area contributed by atoms with Crippen LogP contribution in [-0.2, 0) is 4.79 Å². The first-order chi connectivity index (χ1) is 9.15. The van der Waals surface area contributed by atoms with E-state index in [2.05, 4.69) is 12.3 Å². The van der Waals surface area contributed by atoms with Gasteiger partial charge in [-0.25, -0.2) is 5.84 Å². The van der Waals surface area contributed by atoms with E-state index in [1.807, 2.05) is 31.2 Å². The van der Waals surface area contributed by atoms with Gasteiger partial charge in [-0.3, -0.25) is 10.2 Å². The molecule has 3 N–H and O–H groups in total. The van der Waals surface area contributed by atoms with Gasteiger partial charge in [0, 0.05) is 6.42 Å². The van der Waals surface area contributed by atoms with E-state index in [9.17, 15) is 4.79 Å². The summed E-state index contributed by atoms with van der Waals surface area (Å²) >= 11 is 0. The molecule has 0 fully saturated rings. The smallest absolute Gasteiger partial charge is 0.234 e. The van der Waals surface area contributed by atoms with Gasteiger partial charge in [-0.15, -0.1) is 0 Å². The maximum absolute atomic E-state index is 11.0. The molecule has 0 saturated heterocycles. The minimum Gasteiger partial charge on any atom is -0.494 e. The van der Waals surface area contributed by atoms with Crippen molar-refractivity contribution < 1.29 is 14.3 Å². The van der Waals surface area contributed by atoms with Crippen molar-refractivity contribution in [1.82, 2.24) is 5.43 Å². The fourth-order valence-electron chi connectivity index (χ4n) is 1.53. The van der Waals surface area contributed by atoms with Gasteiger partial charge in [0.25, 0.3) is 0 Å². The first kappa shape index (κ1) is 15.3. The molecule has 1 atom stereocenters. The Kier molecular flexibility index (Phi) is 6.74. The highest BCUT2D eigenvalue weighted by atomic mass is 16.5. The number of rotatable bonds is 8. The highest BCUT2D eigenvalue weighted by molar-refractivity contribution is 5.75. The molecular formula is C14H22N2O3. The standard InChI is InChI=1S/C14H22N2O3/c1-3-10-18-12-5-7-13(8-6-12)19-11(2)4-9-14(17)16-15/h5-8,11H,3-4,9-10,15H2,1-2H3,(H,16,17). The van der Waals surface area contributed by atoms with Gasteiger partial charge in [-0.2, -0.15) is 0 Å². The Hall–Kier alpha value is -1.75. The summed E-state index contributed by atoms with van der Waals surface area (Å²) in [6, 6.07) is 7.49. The Morgan fingerprint density at radius 3 is 2.53 bits per heavy atom. The molecule has 5 nitrogen and oxygen atoms in total. The second-order valence-electron chi connectivity index (χ2n) is 4.35. The topological polar surface area (TPSA) is 73.6 Å². The maximum atomic E-state index is 11.0. The first-order valence-corrected chi connectivity index (χ1v) is 6.54. The van der Waals surface area contributed by atoms with Crippen LogP contribution in [0.1, 0.15) is 33.1 Å². The fraction of sp³-hybridized carbons (Fsp3) is 0.500. The van der Waals surface area contributed by atoms with Gasteiger partial charge >= 0.3 is 0 Å². The van der Waals surface area contributed by atoms with Crippen LogP contribution in [0.4, 0.5) is 0 Å². The average Bonchev–Trinajstić information content (AvgIpc) is 2.44. The van der Waals surface area contributed by atoms with Crippen LogP contribution in [0, 0.1) is 0 Å². The second kappa shape index (κ2) is 8.37. The number of ether oxygens (including phenoxy) is 2. The quantitative estimate of drug-likeness (QED) is 0.429. The number of amides is 1. The highest BCUT2D eigenvalue weighted by Gasteiger charge is 2.07. The number of hydrogen-bond donors (Lipinski definition) is 2. The monoisotopic (exact) mass is 266 g/mol. The third-order valence-corrected chi connectivity index (χ3v) is 2.57. The lowest BCUT2D eigenvalue weighted by Gasteiger charge is -2.14. The molecule has 0 aromatic heterocycles. The summed E-state index contributed by atoms with van der Waals surface area (Å²) in [6.07, 6.45) is 1.92. The van der Waals surface area contributed by atoms with Gasteiger partial charge < -0.3 is 9.47 Å². The molecule has 0 saturated carbocycles. The van der Waals surface area contributed by atoms with Crippen molar-refractivity contribution in [3.63, 3.8) is 0 Å². The minimum atomic E-state index is -0.182. The first-order valence-electron chi connectivity index (χ1n) is 6.54. The minimum absolute atomic E-state index is 0.0419. The lowest BCUT2D eigenvalue weighted by Crippen LogP contribution is -2.30. The van der Waals surface area contributed by atoms with Crippen LogP contribution in [0.25, 0.3) is 0 Å². The predicted molar refractivity (Wildman–Crippen MR) is 73.9 cm³/mol. The van der Waals surface area contributed by atoms with Crippen molar-refractivity contribution >= 4 is 5.91 Å². The number of carbonyl (C=O) groups excluding carboxylic acids is 1. The third-order valence-electron chi connectivity index (χ3n) is 2.57. The summed E-state index contributed by atoms with van der Waals surface area (Å²) in [5, 5.41) is 0. The van der Waals surface area contributed by atoms with Gasteiger partial charge in [0.2, 0.25) is 5.91 Å². The van der Waals surface area contributed by atoms with E-state index in [0.717, 1.165) is 17.9 Å². The molecule has 1 rings (SSSR count). The molecule has 0 aliphatic carbocycles. The summed E-state index contributed by atoms with van der Waals surface area (Å²) < 4.78 is 11.2. The zero-order valence-corrected chi connectivity index (χ0v) is 11.5. The summed E-state index contributed by atoms with van der Waals surface area (Å²) in [7, 11) is 0. The fourth-order valence-corrected chi connectivity index (χ4v) is 1.53. The van der Waals surface area contributed by atoms with Crippen LogP contribution in [-0.4, -0.2) is 18.6 Å². The molecule has 19 heavy (non-hydrogen) atoms. The van der Waals surface area contributed by atoms with Gasteiger partial charge in [-0.05, 0) is 44.0 Å². The summed E-state index contributed by atoms with van der Waals surface area (Å²) in [6.45, 7) is 4.70. The normalized spacial score (nSPS) is 11.7. The van der Waals surface area contributed by atoms with Gasteiger partial charge in [0.1, 0.15) is 11.5 Å². The Bertz CT molecular complexity index is 379. The van der Waals surface area contributed by atoms with E-state index in [1.165, 1.54) is 0 Å². The SMILES string of the molecule is CCCOc1ccc(OC(C)CCC(=O)NN)cc1. The molecule has 0 bridgehead atoms. The van der Waals surface area contributed by atoms with Crippen LogP contribution >= 0.6 is 0 Å². The molecule has 0 spiro atoms. The number of nitrogens with one attached hydrogen (secondary N) is 1. The molecule has 1 amide bonds. The van der Waals surface area contributed by atoms with Crippen molar-refractivity contribution in [2.45, 2.75) is 39.2 Å². The van der Waals surface area contributed by atoms with Crippen molar-refractivity contribution in [1.29, 1.82) is 0 Å². The number of benzene rings is 1. The number of hydrogen-bond acceptors (Lipinski definition) is 4. The Labute approximate surface area is 114 Å². The van der Waals surface area contributed by atoms with E-state index in [-0.39, 0.29) is 12.0 Å². The van der Waals surface area contributed by atoms with E-state index in [1.54, 1.807) is 0 Å². The summed E-state index contributed by atoms with van der Waals surface area (Å²) in [4.78, 5) is 11.0. The highest BCUT2D eigenvalue weighted by Crippen LogP contribution is 2.19. The van der Waals surface area contributed by atoms with E-state index in [0.29, 0.717) is 19.4 Å². The molecule has 1 aromatic carbocycles. The van der Waals surface area contributed by atoms with Crippen molar-refractivity contribution in [2.75, 3.05) is 6.61 Å². The number of nitrogens with two attached hydrogens (primary N) is 1. The van der Waals surface area contributed by atoms with Crippen molar-refractivity contribution in [3.05, 3.63) is 24.3 Å². The molecule has 0 aliphatic rings. The van der Waals surface area contributed by atoms with Crippen molar-refractivity contribution in [2.24, 2.45) is 5.84 Å². The second-order valence-corrected chi connectivity index (χ2v) is 4.35. The van der Waals surface area contributed by atoms with E-state index >= 15 is 0 Å². The van der Waals surface area contributed by atoms with E-state index < -0.39 is 0 Å². The average molecular weight is 266 g/mol. The third kappa shape index (κ3) is 6.10. The van der Waals surface area contributed by atoms with Gasteiger partial charge in [0.15, 0.2) is 0 Å². The zero-order valence-electron chi connectivity index (χ0n) is 11.5. The zero-order chi connectivity index (χ0) is 14.1. The Morgan fingerprint density at radius 1 is 1.32 bits per heavy atom.